The lowest BCUT2D eigenvalue weighted by molar-refractivity contribution is -0.137. The second-order valence-electron chi connectivity index (χ2n) is 9.06. The second-order valence-corrected chi connectivity index (χ2v) is 9.45. The molecule has 0 bridgehead atoms. The van der Waals surface area contributed by atoms with E-state index in [1.165, 1.54) is 5.56 Å². The number of hydrogen-bond donors (Lipinski definition) is 1. The Morgan fingerprint density at radius 1 is 1.20 bits per heavy atom. The first-order chi connectivity index (χ1) is 14.4. The monoisotopic (exact) mass is 421 g/mol. The number of amides is 1. The highest BCUT2D eigenvalue weighted by Crippen LogP contribution is 2.60. The fourth-order valence-corrected chi connectivity index (χ4v) is 6.11. The highest BCUT2D eigenvalue weighted by Gasteiger charge is 2.66. The molecule has 1 unspecified atom stereocenters. The number of rotatable bonds is 2. The maximum atomic E-state index is 13.8. The van der Waals surface area contributed by atoms with Gasteiger partial charge in [0.15, 0.2) is 10.7 Å². The van der Waals surface area contributed by atoms with E-state index in [9.17, 15) is 4.79 Å². The first-order valence-corrected chi connectivity index (χ1v) is 11.0. The van der Waals surface area contributed by atoms with Crippen LogP contribution in [0.5, 0.6) is 0 Å². The van der Waals surface area contributed by atoms with Crippen LogP contribution in [0.4, 0.5) is 0 Å². The molecule has 1 saturated heterocycles. The first-order valence-electron chi connectivity index (χ1n) is 10.6. The molecule has 1 saturated carbocycles. The molecule has 1 atom stereocenters. The average Bonchev–Trinajstić information content (AvgIpc) is 3.15. The molecule has 1 amide bonds. The maximum Gasteiger partial charge on any atom is 0.259 e. The van der Waals surface area contributed by atoms with Crippen LogP contribution in [0, 0.1) is 12.3 Å². The van der Waals surface area contributed by atoms with E-state index in [0.717, 1.165) is 54.4 Å². The Kier molecular flexibility index (Phi) is 4.49. The third-order valence-corrected chi connectivity index (χ3v) is 7.87. The first kappa shape index (κ1) is 19.6. The Labute approximate surface area is 182 Å². The summed E-state index contributed by atoms with van der Waals surface area (Å²) in [4.78, 5) is 19.7. The zero-order valence-electron chi connectivity index (χ0n) is 17.7. The van der Waals surface area contributed by atoms with Crippen molar-refractivity contribution in [3.8, 4) is 11.1 Å². The zero-order chi connectivity index (χ0) is 21.1. The number of hydrogen-bond acceptors (Lipinski definition) is 4. The van der Waals surface area contributed by atoms with Gasteiger partial charge in [-0.15, -0.1) is 0 Å². The van der Waals surface area contributed by atoms with E-state index in [2.05, 4.69) is 34.6 Å². The summed E-state index contributed by atoms with van der Waals surface area (Å²) < 4.78 is 5.63. The van der Waals surface area contributed by atoms with Crippen molar-refractivity contribution in [3.63, 3.8) is 0 Å². The summed E-state index contributed by atoms with van der Waals surface area (Å²) in [5, 5.41) is 4.04. The summed E-state index contributed by atoms with van der Waals surface area (Å²) in [6.07, 6.45) is 8.71. The predicted octanol–water partition coefficient (Wildman–Crippen LogP) is 3.73. The summed E-state index contributed by atoms with van der Waals surface area (Å²) >= 11 is 5.56. The minimum atomic E-state index is -0.792. The van der Waals surface area contributed by atoms with Crippen molar-refractivity contribution in [2.24, 2.45) is 5.41 Å². The Bertz CT molecular complexity index is 1040. The van der Waals surface area contributed by atoms with Crippen LogP contribution < -0.4 is 5.32 Å². The molecule has 3 aliphatic rings. The van der Waals surface area contributed by atoms with Crippen LogP contribution in [0.1, 0.15) is 42.4 Å². The quantitative estimate of drug-likeness (QED) is 0.749. The van der Waals surface area contributed by atoms with Crippen molar-refractivity contribution >= 4 is 23.2 Å². The lowest BCUT2D eigenvalue weighted by atomic mass is 9.61. The molecule has 2 spiro atoms. The normalized spacial score (nSPS) is 30.2. The van der Waals surface area contributed by atoms with Gasteiger partial charge in [0.1, 0.15) is 0 Å². The molecule has 2 fully saturated rings. The Morgan fingerprint density at radius 3 is 2.60 bits per heavy atom. The van der Waals surface area contributed by atoms with E-state index in [1.54, 1.807) is 19.1 Å². The molecule has 1 aromatic carbocycles. The van der Waals surface area contributed by atoms with Crippen molar-refractivity contribution in [3.05, 3.63) is 53.3 Å². The number of carbonyl (C=O) groups is 1. The number of methoxy groups -OCH3 is 1. The van der Waals surface area contributed by atoms with E-state index in [0.29, 0.717) is 5.11 Å². The van der Waals surface area contributed by atoms with Gasteiger partial charge in [-0.1, -0.05) is 12.1 Å². The van der Waals surface area contributed by atoms with Crippen LogP contribution >= 0.6 is 12.2 Å². The number of aryl methyl sites for hydroxylation is 1. The molecule has 156 valence electrons. The average molecular weight is 422 g/mol. The molecular formula is C24H27N3O2S. The van der Waals surface area contributed by atoms with Gasteiger partial charge in [0.25, 0.3) is 5.91 Å². The minimum absolute atomic E-state index is 0.0710. The molecule has 1 aliphatic heterocycles. The van der Waals surface area contributed by atoms with Gasteiger partial charge < -0.3 is 10.1 Å². The molecule has 6 heteroatoms. The second kappa shape index (κ2) is 6.86. The SMILES string of the molecule is COC1CCC2(CC1)Cc1ccc(-c3cncc(C)c3)cc1C21NC(=S)N(C)C1=O. The van der Waals surface area contributed by atoms with E-state index < -0.39 is 5.54 Å². The fourth-order valence-electron chi connectivity index (χ4n) is 5.87. The predicted molar refractivity (Wildman–Crippen MR) is 120 cm³/mol. The van der Waals surface area contributed by atoms with Crippen LogP contribution in [-0.2, 0) is 21.5 Å². The van der Waals surface area contributed by atoms with Gasteiger partial charge in [-0.25, -0.2) is 0 Å². The van der Waals surface area contributed by atoms with E-state index in [4.69, 9.17) is 17.0 Å². The highest BCUT2D eigenvalue weighted by molar-refractivity contribution is 7.80. The molecule has 2 aromatic rings. The number of ether oxygens (including phenoxy) is 1. The summed E-state index contributed by atoms with van der Waals surface area (Å²) in [6.45, 7) is 2.05. The van der Waals surface area contributed by atoms with Crippen LogP contribution in [-0.4, -0.2) is 41.2 Å². The third-order valence-electron chi connectivity index (χ3n) is 7.49. The standard InChI is InChI=1S/C24H27N3O2S/c1-15-10-18(14-25-13-15)16-4-5-17-12-23(8-6-19(29-3)7-9-23)24(20(17)11-16)21(28)27(2)22(30)26-24/h4-5,10-11,13-14,19H,6-9,12H2,1-3H3,(H,26,30). The van der Waals surface area contributed by atoms with Crippen molar-refractivity contribution in [1.82, 2.24) is 15.2 Å². The topological polar surface area (TPSA) is 54.5 Å². The summed E-state index contributed by atoms with van der Waals surface area (Å²) in [7, 11) is 3.57. The summed E-state index contributed by atoms with van der Waals surface area (Å²) in [5.41, 5.74) is 4.62. The number of thiocarbonyl (C=S) groups is 1. The molecular weight excluding hydrogens is 394 g/mol. The molecule has 5 nitrogen and oxygen atoms in total. The number of fused-ring (bicyclic) bond motifs is 3. The van der Waals surface area contributed by atoms with Gasteiger partial charge in [-0.3, -0.25) is 14.7 Å². The molecule has 5 rings (SSSR count). The minimum Gasteiger partial charge on any atom is -0.381 e. The van der Waals surface area contributed by atoms with Crippen LogP contribution in [0.3, 0.4) is 0 Å². The van der Waals surface area contributed by atoms with Gasteiger partial charge in [0, 0.05) is 37.5 Å². The summed E-state index contributed by atoms with van der Waals surface area (Å²) in [5.74, 6) is 0.0710. The van der Waals surface area contributed by atoms with Gasteiger partial charge in [0.05, 0.1) is 6.10 Å². The van der Waals surface area contributed by atoms with Crippen molar-refractivity contribution < 1.29 is 9.53 Å². The molecule has 1 N–H and O–H groups in total. The third kappa shape index (κ3) is 2.59. The maximum absolute atomic E-state index is 13.8. The number of benzene rings is 1. The van der Waals surface area contributed by atoms with Crippen LogP contribution in [0.25, 0.3) is 11.1 Å². The van der Waals surface area contributed by atoms with Crippen LogP contribution in [0.15, 0.2) is 36.7 Å². The van der Waals surface area contributed by atoms with Gasteiger partial charge in [-0.2, -0.15) is 0 Å². The van der Waals surface area contributed by atoms with Gasteiger partial charge in [-0.05, 0) is 85.6 Å². The number of nitrogens with zero attached hydrogens (tertiary/aromatic N) is 2. The number of likely N-dealkylation sites (N-methyl/N-ethyl adjacent to an activating group) is 1. The number of nitrogens with one attached hydrogen (secondary N) is 1. The van der Waals surface area contributed by atoms with E-state index >= 15 is 0 Å². The highest BCUT2D eigenvalue weighted by atomic mass is 32.1. The number of pyridine rings is 1. The zero-order valence-corrected chi connectivity index (χ0v) is 18.5. The van der Waals surface area contributed by atoms with Crippen molar-refractivity contribution in [2.75, 3.05) is 14.2 Å². The number of aromatic nitrogens is 1. The summed E-state index contributed by atoms with van der Waals surface area (Å²) in [6, 6.07) is 8.68. The van der Waals surface area contributed by atoms with E-state index in [1.807, 2.05) is 19.3 Å². The Morgan fingerprint density at radius 2 is 1.97 bits per heavy atom. The van der Waals surface area contributed by atoms with E-state index in [-0.39, 0.29) is 17.4 Å². The molecule has 0 radical (unpaired) electrons. The largest absolute Gasteiger partial charge is 0.381 e. The van der Waals surface area contributed by atoms with Gasteiger partial charge >= 0.3 is 0 Å². The smallest absolute Gasteiger partial charge is 0.259 e. The number of carbonyl (C=O) groups excluding carboxylic acids is 1. The molecule has 2 heterocycles. The molecule has 30 heavy (non-hydrogen) atoms. The Balaban J connectivity index is 1.66. The van der Waals surface area contributed by atoms with Gasteiger partial charge in [0.2, 0.25) is 0 Å². The van der Waals surface area contributed by atoms with Crippen molar-refractivity contribution in [1.29, 1.82) is 0 Å². The Hall–Kier alpha value is -2.31. The lowest BCUT2D eigenvalue weighted by Gasteiger charge is -2.46. The van der Waals surface area contributed by atoms with Crippen LogP contribution in [0.2, 0.25) is 0 Å². The van der Waals surface area contributed by atoms with Crippen molar-refractivity contribution in [2.45, 2.75) is 50.7 Å². The fraction of sp³-hybridized carbons (Fsp3) is 0.458. The molecule has 2 aliphatic carbocycles. The lowest BCUT2D eigenvalue weighted by Crippen LogP contribution is -2.56. The molecule has 1 aromatic heterocycles.